The first kappa shape index (κ1) is 14.8. The first-order chi connectivity index (χ1) is 7.68. The van der Waals surface area contributed by atoms with Gasteiger partial charge in [-0.25, -0.2) is 9.59 Å². The second-order valence-electron chi connectivity index (χ2n) is 3.86. The van der Waals surface area contributed by atoms with Crippen LogP contribution >= 0.6 is 0 Å². The van der Waals surface area contributed by atoms with E-state index in [1.54, 1.807) is 13.8 Å². The van der Waals surface area contributed by atoms with E-state index in [-0.39, 0.29) is 0 Å². The summed E-state index contributed by atoms with van der Waals surface area (Å²) in [5.41, 5.74) is -0.948. The summed E-state index contributed by atoms with van der Waals surface area (Å²) in [6.45, 7) is 3.08. The van der Waals surface area contributed by atoms with Crippen molar-refractivity contribution in [1.82, 2.24) is 10.6 Å². The predicted molar refractivity (Wildman–Crippen MR) is 58.3 cm³/mol. The van der Waals surface area contributed by atoms with Gasteiger partial charge in [0.25, 0.3) is 0 Å². The molecule has 1 atom stereocenters. The molecule has 0 heterocycles. The first-order valence-corrected chi connectivity index (χ1v) is 4.69. The summed E-state index contributed by atoms with van der Waals surface area (Å²) in [6, 6.07) is -2.33. The largest absolute Gasteiger partial charge is 0.481 e. The molecule has 0 aromatic carbocycles. The maximum absolute atomic E-state index is 11.3. The molecule has 7 nitrogen and oxygen atoms in total. The van der Waals surface area contributed by atoms with Crippen LogP contribution in [0.5, 0.6) is 0 Å². The zero-order chi connectivity index (χ0) is 13.6. The molecule has 0 aliphatic heterocycles. The van der Waals surface area contributed by atoms with Crippen molar-refractivity contribution in [3.05, 3.63) is 0 Å². The highest BCUT2D eigenvalue weighted by molar-refractivity contribution is 5.86. The maximum atomic E-state index is 11.3. The minimum absolute atomic E-state index is 0.709. The van der Waals surface area contributed by atoms with Crippen LogP contribution in [0.3, 0.4) is 0 Å². The number of nitrogens with one attached hydrogen (secondary N) is 2. The van der Waals surface area contributed by atoms with Gasteiger partial charge in [-0.2, -0.15) is 0 Å². The van der Waals surface area contributed by atoms with Crippen molar-refractivity contribution in [3.8, 4) is 12.3 Å². The molecule has 7 heteroatoms. The van der Waals surface area contributed by atoms with Crippen molar-refractivity contribution in [3.63, 3.8) is 0 Å². The Hall–Kier alpha value is -2.23. The quantitative estimate of drug-likeness (QED) is 0.491. The molecule has 0 aliphatic carbocycles. The third-order valence-electron chi connectivity index (χ3n) is 1.77. The maximum Gasteiger partial charge on any atom is 0.326 e. The van der Waals surface area contributed by atoms with Crippen LogP contribution in [0.25, 0.3) is 0 Å². The smallest absolute Gasteiger partial charge is 0.326 e. The molecule has 94 valence electrons. The average Bonchev–Trinajstić information content (AvgIpc) is 2.15. The fourth-order valence-corrected chi connectivity index (χ4v) is 0.889. The molecule has 0 spiro atoms. The number of carbonyl (C=O) groups excluding carboxylic acids is 1. The number of hydrogen-bond acceptors (Lipinski definition) is 3. The SMILES string of the molecule is C#CC(C)(C)NC(=O)N[C@@H](CC(=O)O)C(=O)O. The Balaban J connectivity index is 4.48. The monoisotopic (exact) mass is 242 g/mol. The number of carbonyl (C=O) groups is 3. The first-order valence-electron chi connectivity index (χ1n) is 4.69. The summed E-state index contributed by atoms with van der Waals surface area (Å²) in [7, 11) is 0. The Morgan fingerprint density at radius 3 is 2.24 bits per heavy atom. The fourth-order valence-electron chi connectivity index (χ4n) is 0.889. The summed E-state index contributed by atoms with van der Waals surface area (Å²) >= 11 is 0. The molecule has 17 heavy (non-hydrogen) atoms. The minimum atomic E-state index is -1.50. The fraction of sp³-hybridized carbons (Fsp3) is 0.500. The normalized spacial score (nSPS) is 12.1. The van der Waals surface area contributed by atoms with E-state index in [1.165, 1.54) is 0 Å². The third kappa shape index (κ3) is 6.04. The number of amides is 2. The molecule has 0 bridgehead atoms. The zero-order valence-electron chi connectivity index (χ0n) is 9.48. The standard InChI is InChI=1S/C10H14N2O5/c1-4-10(2,3)12-9(17)11-6(8(15)16)5-7(13)14/h1,6H,5H2,2-3H3,(H,13,14)(H,15,16)(H2,11,12,17)/t6-/m0/s1. The van der Waals surface area contributed by atoms with Crippen molar-refractivity contribution < 1.29 is 24.6 Å². The Morgan fingerprint density at radius 1 is 1.35 bits per heavy atom. The molecule has 0 saturated heterocycles. The second kappa shape index (κ2) is 5.75. The van der Waals surface area contributed by atoms with Gasteiger partial charge >= 0.3 is 18.0 Å². The molecule has 2 amide bonds. The van der Waals surface area contributed by atoms with Gasteiger partial charge in [0.05, 0.1) is 12.0 Å². The van der Waals surface area contributed by atoms with Crippen LogP contribution in [-0.2, 0) is 9.59 Å². The van der Waals surface area contributed by atoms with Crippen molar-refractivity contribution in [1.29, 1.82) is 0 Å². The molecule has 0 saturated carbocycles. The van der Waals surface area contributed by atoms with Crippen LogP contribution in [-0.4, -0.2) is 39.8 Å². The van der Waals surface area contributed by atoms with E-state index in [9.17, 15) is 14.4 Å². The predicted octanol–water partition coefficient (Wildman–Crippen LogP) is -0.375. The molecule has 4 N–H and O–H groups in total. The van der Waals surface area contributed by atoms with Gasteiger partial charge in [-0.05, 0) is 13.8 Å². The van der Waals surface area contributed by atoms with Crippen LogP contribution in [0.15, 0.2) is 0 Å². The Labute approximate surface area is 98.2 Å². The molecule has 0 unspecified atom stereocenters. The molecule has 0 aliphatic rings. The summed E-state index contributed by atoms with van der Waals surface area (Å²) in [4.78, 5) is 32.4. The van der Waals surface area contributed by atoms with Crippen LogP contribution in [0.1, 0.15) is 20.3 Å². The number of terminal acetylenes is 1. The van der Waals surface area contributed by atoms with Gasteiger partial charge in [0, 0.05) is 0 Å². The van der Waals surface area contributed by atoms with Gasteiger partial charge in [-0.15, -0.1) is 6.42 Å². The van der Waals surface area contributed by atoms with E-state index >= 15 is 0 Å². The Kier molecular flexibility index (Phi) is 4.99. The lowest BCUT2D eigenvalue weighted by molar-refractivity contribution is -0.145. The number of hydrogen-bond donors (Lipinski definition) is 4. The molecular formula is C10H14N2O5. The lowest BCUT2D eigenvalue weighted by Gasteiger charge is -2.21. The van der Waals surface area contributed by atoms with Gasteiger partial charge in [0.15, 0.2) is 0 Å². The topological polar surface area (TPSA) is 116 Å². The van der Waals surface area contributed by atoms with Crippen LogP contribution in [0, 0.1) is 12.3 Å². The van der Waals surface area contributed by atoms with Crippen LogP contribution in [0.4, 0.5) is 4.79 Å². The Morgan fingerprint density at radius 2 is 1.88 bits per heavy atom. The van der Waals surface area contributed by atoms with Gasteiger partial charge in [0.2, 0.25) is 0 Å². The highest BCUT2D eigenvalue weighted by atomic mass is 16.4. The number of urea groups is 1. The molecular weight excluding hydrogens is 228 g/mol. The van der Waals surface area contributed by atoms with Gasteiger partial charge in [0.1, 0.15) is 6.04 Å². The molecule has 0 aromatic heterocycles. The van der Waals surface area contributed by atoms with E-state index < -0.39 is 36.0 Å². The average molecular weight is 242 g/mol. The lowest BCUT2D eigenvalue weighted by atomic mass is 10.1. The van der Waals surface area contributed by atoms with Crippen molar-refractivity contribution in [2.45, 2.75) is 31.8 Å². The van der Waals surface area contributed by atoms with Gasteiger partial charge < -0.3 is 20.8 Å². The highest BCUT2D eigenvalue weighted by Crippen LogP contribution is 1.99. The molecule has 0 rings (SSSR count). The van der Waals surface area contributed by atoms with Gasteiger partial charge in [-0.1, -0.05) is 5.92 Å². The molecule has 0 fully saturated rings. The lowest BCUT2D eigenvalue weighted by Crippen LogP contribution is -2.52. The van der Waals surface area contributed by atoms with Crippen molar-refractivity contribution in [2.24, 2.45) is 0 Å². The van der Waals surface area contributed by atoms with E-state index in [2.05, 4.69) is 11.2 Å². The van der Waals surface area contributed by atoms with Crippen molar-refractivity contribution >= 4 is 18.0 Å². The van der Waals surface area contributed by atoms with E-state index in [0.29, 0.717) is 0 Å². The van der Waals surface area contributed by atoms with Crippen LogP contribution < -0.4 is 10.6 Å². The zero-order valence-corrected chi connectivity index (χ0v) is 9.48. The summed E-state index contributed by atoms with van der Waals surface area (Å²) in [5.74, 6) is -0.475. The Bertz CT molecular complexity index is 369. The number of aliphatic carboxylic acids is 2. The second-order valence-corrected chi connectivity index (χ2v) is 3.86. The number of rotatable bonds is 5. The van der Waals surface area contributed by atoms with E-state index in [4.69, 9.17) is 16.6 Å². The molecule has 0 radical (unpaired) electrons. The third-order valence-corrected chi connectivity index (χ3v) is 1.77. The van der Waals surface area contributed by atoms with Crippen LogP contribution in [0.2, 0.25) is 0 Å². The summed E-state index contributed by atoms with van der Waals surface area (Å²) in [5, 5.41) is 21.5. The molecule has 0 aromatic rings. The number of carboxylic acids is 2. The summed E-state index contributed by atoms with van der Waals surface area (Å²) in [6.07, 6.45) is 4.41. The van der Waals surface area contributed by atoms with Crippen molar-refractivity contribution in [2.75, 3.05) is 0 Å². The summed E-state index contributed by atoms with van der Waals surface area (Å²) < 4.78 is 0. The van der Waals surface area contributed by atoms with E-state index in [0.717, 1.165) is 0 Å². The van der Waals surface area contributed by atoms with E-state index in [1.807, 2.05) is 5.32 Å². The van der Waals surface area contributed by atoms with Gasteiger partial charge in [-0.3, -0.25) is 4.79 Å². The number of carboxylic acid groups (broad SMARTS) is 2. The minimum Gasteiger partial charge on any atom is -0.481 e. The highest BCUT2D eigenvalue weighted by Gasteiger charge is 2.25.